The third-order valence-corrected chi connectivity index (χ3v) is 8.56. The van der Waals surface area contributed by atoms with Crippen molar-refractivity contribution in [2.75, 3.05) is 10.0 Å². The second-order valence-electron chi connectivity index (χ2n) is 6.67. The fourth-order valence-electron chi connectivity index (χ4n) is 2.65. The highest BCUT2D eigenvalue weighted by atomic mass is 32.2. The summed E-state index contributed by atoms with van der Waals surface area (Å²) in [6, 6.07) is 11.9. The number of nitrogens with one attached hydrogen (secondary N) is 2. The number of sulfonamides is 1. The summed E-state index contributed by atoms with van der Waals surface area (Å²) < 4.78 is 29.4. The quantitative estimate of drug-likeness (QED) is 0.354. The number of carbonyl (C=O) groups excluding carboxylic acids is 1. The molecule has 0 saturated carbocycles. The molecule has 0 spiro atoms. The van der Waals surface area contributed by atoms with Gasteiger partial charge in [0.1, 0.15) is 0 Å². The summed E-state index contributed by atoms with van der Waals surface area (Å²) in [6.45, 7) is 3.71. The van der Waals surface area contributed by atoms with E-state index in [1.54, 1.807) is 61.0 Å². The molecule has 0 aliphatic rings. The largest absolute Gasteiger partial charge is 0.301 e. The Morgan fingerprint density at radius 2 is 1.94 bits per heavy atom. The van der Waals surface area contributed by atoms with Gasteiger partial charge in [-0.25, -0.2) is 18.4 Å². The maximum absolute atomic E-state index is 12.6. The van der Waals surface area contributed by atoms with Crippen molar-refractivity contribution in [3.05, 3.63) is 59.6 Å². The van der Waals surface area contributed by atoms with E-state index in [9.17, 15) is 13.2 Å². The van der Waals surface area contributed by atoms with Crippen LogP contribution in [0.4, 0.5) is 10.8 Å². The lowest BCUT2D eigenvalue weighted by Crippen LogP contribution is -2.22. The molecule has 7 nitrogen and oxygen atoms in total. The van der Waals surface area contributed by atoms with Crippen LogP contribution in [-0.4, -0.2) is 29.5 Å². The Morgan fingerprint density at radius 1 is 1.16 bits per heavy atom. The number of thioether (sulfide) groups is 1. The number of anilines is 2. The van der Waals surface area contributed by atoms with E-state index in [4.69, 9.17) is 0 Å². The van der Waals surface area contributed by atoms with Crippen LogP contribution >= 0.6 is 34.4 Å². The third kappa shape index (κ3) is 5.24. The number of amides is 1. The van der Waals surface area contributed by atoms with E-state index in [0.29, 0.717) is 10.8 Å². The smallest absolute Gasteiger partial charge is 0.261 e. The van der Waals surface area contributed by atoms with Crippen molar-refractivity contribution in [1.82, 2.24) is 9.97 Å². The zero-order valence-electron chi connectivity index (χ0n) is 16.5. The third-order valence-electron chi connectivity index (χ3n) is 4.26. The Labute approximate surface area is 192 Å². The van der Waals surface area contributed by atoms with E-state index in [0.717, 1.165) is 20.1 Å². The molecule has 2 N–H and O–H groups in total. The Bertz CT molecular complexity index is 1320. The fourth-order valence-corrected chi connectivity index (χ4v) is 6.48. The van der Waals surface area contributed by atoms with E-state index in [-0.39, 0.29) is 16.1 Å². The van der Waals surface area contributed by atoms with Gasteiger partial charge in [-0.1, -0.05) is 29.5 Å². The van der Waals surface area contributed by atoms with E-state index in [1.165, 1.54) is 34.4 Å². The van der Waals surface area contributed by atoms with Gasteiger partial charge in [0, 0.05) is 11.6 Å². The van der Waals surface area contributed by atoms with Crippen LogP contribution in [0.1, 0.15) is 12.5 Å². The van der Waals surface area contributed by atoms with E-state index in [2.05, 4.69) is 20.0 Å². The molecule has 0 saturated heterocycles. The Kier molecular flexibility index (Phi) is 6.28. The number of nitrogens with zero attached hydrogens (tertiary/aromatic N) is 2. The molecule has 2 aromatic heterocycles. The molecular formula is C20H18N4O3S4. The van der Waals surface area contributed by atoms with E-state index < -0.39 is 10.0 Å². The molecule has 2 heterocycles. The number of thiazole rings is 2. The summed E-state index contributed by atoms with van der Waals surface area (Å²) >= 11 is 4.13. The number of hydrogen-bond donors (Lipinski definition) is 2. The molecule has 0 fully saturated rings. The first-order valence-electron chi connectivity index (χ1n) is 9.17. The van der Waals surface area contributed by atoms with Crippen LogP contribution in [-0.2, 0) is 14.8 Å². The molecule has 0 bridgehead atoms. The highest BCUT2D eigenvalue weighted by Crippen LogP contribution is 2.34. The monoisotopic (exact) mass is 490 g/mol. The van der Waals surface area contributed by atoms with Crippen molar-refractivity contribution < 1.29 is 13.2 Å². The van der Waals surface area contributed by atoms with Crippen molar-refractivity contribution >= 4 is 71.4 Å². The van der Waals surface area contributed by atoms with Crippen LogP contribution in [0.25, 0.3) is 10.2 Å². The van der Waals surface area contributed by atoms with Crippen molar-refractivity contribution in [3.63, 3.8) is 0 Å². The van der Waals surface area contributed by atoms with Gasteiger partial charge in [0.2, 0.25) is 5.91 Å². The predicted molar refractivity (Wildman–Crippen MR) is 128 cm³/mol. The minimum atomic E-state index is -3.68. The van der Waals surface area contributed by atoms with Crippen molar-refractivity contribution in [2.45, 2.75) is 28.3 Å². The molecule has 31 heavy (non-hydrogen) atoms. The SMILES string of the molecule is Cc1ccc(S(=O)(=O)Nc2ccc3nc(S[C@@H](C)C(=O)Nc4nccs4)sc3c2)cc1. The van der Waals surface area contributed by atoms with Gasteiger partial charge in [-0.05, 0) is 44.2 Å². The predicted octanol–water partition coefficient (Wildman–Crippen LogP) is 4.98. The summed E-state index contributed by atoms with van der Waals surface area (Å²) in [5.41, 5.74) is 2.20. The fraction of sp³-hybridized carbons (Fsp3) is 0.150. The number of carbonyl (C=O) groups is 1. The summed E-state index contributed by atoms with van der Waals surface area (Å²) in [7, 11) is -3.68. The molecular weight excluding hydrogens is 473 g/mol. The standard InChI is InChI=1S/C20H18N4O3S4/c1-12-3-6-15(7-4-12)31(26,27)24-14-5-8-16-17(11-14)30-20(22-16)29-13(2)18(25)23-19-21-9-10-28-19/h3-11,13,24H,1-2H3,(H,21,23,25)/t13-/m0/s1. The van der Waals surface area contributed by atoms with Crippen LogP contribution in [0, 0.1) is 6.92 Å². The molecule has 160 valence electrons. The Morgan fingerprint density at radius 3 is 2.65 bits per heavy atom. The molecule has 4 aromatic rings. The molecule has 1 amide bonds. The minimum absolute atomic E-state index is 0.147. The first kappa shape index (κ1) is 21.8. The number of aromatic nitrogens is 2. The summed E-state index contributed by atoms with van der Waals surface area (Å²) in [5.74, 6) is -0.147. The summed E-state index contributed by atoms with van der Waals surface area (Å²) in [4.78, 5) is 21.1. The Balaban J connectivity index is 1.47. The van der Waals surface area contributed by atoms with Crippen LogP contribution in [0.3, 0.4) is 0 Å². The average Bonchev–Trinajstić information content (AvgIpc) is 3.37. The number of aryl methyl sites for hydroxylation is 1. The van der Waals surface area contributed by atoms with Crippen LogP contribution in [0.15, 0.2) is 63.3 Å². The molecule has 0 aliphatic heterocycles. The first-order valence-corrected chi connectivity index (χ1v) is 13.2. The topological polar surface area (TPSA) is 101 Å². The number of fused-ring (bicyclic) bond motifs is 1. The van der Waals surface area contributed by atoms with Crippen LogP contribution in [0.5, 0.6) is 0 Å². The molecule has 2 aromatic carbocycles. The van der Waals surface area contributed by atoms with Gasteiger partial charge in [0.15, 0.2) is 9.47 Å². The number of rotatable bonds is 7. The number of hydrogen-bond acceptors (Lipinski definition) is 8. The van der Waals surface area contributed by atoms with Gasteiger partial charge in [-0.15, -0.1) is 22.7 Å². The summed E-state index contributed by atoms with van der Waals surface area (Å²) in [5, 5.41) is 4.78. The zero-order chi connectivity index (χ0) is 22.0. The first-order chi connectivity index (χ1) is 14.8. The second-order valence-corrected chi connectivity index (χ2v) is 11.9. The lowest BCUT2D eigenvalue weighted by atomic mass is 10.2. The number of benzene rings is 2. The second kappa shape index (κ2) is 8.95. The molecule has 4 rings (SSSR count). The van der Waals surface area contributed by atoms with Crippen LogP contribution in [0.2, 0.25) is 0 Å². The Hall–Kier alpha value is -2.47. The minimum Gasteiger partial charge on any atom is -0.301 e. The van der Waals surface area contributed by atoms with Gasteiger partial charge in [0.05, 0.1) is 26.0 Å². The van der Waals surface area contributed by atoms with E-state index in [1.807, 2.05) is 6.92 Å². The van der Waals surface area contributed by atoms with E-state index >= 15 is 0 Å². The summed E-state index contributed by atoms with van der Waals surface area (Å²) in [6.07, 6.45) is 1.64. The lowest BCUT2D eigenvalue weighted by molar-refractivity contribution is -0.115. The molecule has 11 heteroatoms. The van der Waals surface area contributed by atoms with Crippen molar-refractivity contribution in [1.29, 1.82) is 0 Å². The molecule has 0 aliphatic carbocycles. The van der Waals surface area contributed by atoms with Crippen molar-refractivity contribution in [2.24, 2.45) is 0 Å². The molecule has 1 atom stereocenters. The highest BCUT2D eigenvalue weighted by molar-refractivity contribution is 8.02. The maximum atomic E-state index is 12.6. The normalized spacial score (nSPS) is 12.6. The maximum Gasteiger partial charge on any atom is 0.261 e. The lowest BCUT2D eigenvalue weighted by Gasteiger charge is -2.08. The zero-order valence-corrected chi connectivity index (χ0v) is 19.8. The van der Waals surface area contributed by atoms with Gasteiger partial charge in [-0.2, -0.15) is 0 Å². The van der Waals surface area contributed by atoms with Gasteiger partial charge in [-0.3, -0.25) is 9.52 Å². The molecule has 0 radical (unpaired) electrons. The van der Waals surface area contributed by atoms with Crippen molar-refractivity contribution in [3.8, 4) is 0 Å². The average molecular weight is 491 g/mol. The molecule has 0 unspecified atom stereocenters. The van der Waals surface area contributed by atoms with Gasteiger partial charge in [0.25, 0.3) is 10.0 Å². The van der Waals surface area contributed by atoms with Gasteiger partial charge < -0.3 is 5.32 Å². The van der Waals surface area contributed by atoms with Crippen LogP contribution < -0.4 is 10.0 Å². The highest BCUT2D eigenvalue weighted by Gasteiger charge is 2.19. The van der Waals surface area contributed by atoms with Gasteiger partial charge >= 0.3 is 0 Å².